The van der Waals surface area contributed by atoms with E-state index in [4.69, 9.17) is 10.5 Å². The second kappa shape index (κ2) is 7.50. The van der Waals surface area contributed by atoms with Crippen molar-refractivity contribution in [2.45, 2.75) is 45.6 Å². The van der Waals surface area contributed by atoms with Gasteiger partial charge in [0.05, 0.1) is 18.4 Å². The van der Waals surface area contributed by atoms with Crippen LogP contribution in [0.2, 0.25) is 0 Å². The van der Waals surface area contributed by atoms with Crippen molar-refractivity contribution in [1.29, 1.82) is 0 Å². The molecule has 21 heavy (non-hydrogen) atoms. The van der Waals surface area contributed by atoms with E-state index in [0.29, 0.717) is 30.0 Å². The Balaban J connectivity index is 1.89. The molecular weight excluding hydrogens is 266 g/mol. The number of ether oxygens (including phenoxy) is 1. The van der Waals surface area contributed by atoms with Crippen molar-refractivity contribution in [2.75, 3.05) is 24.2 Å². The third kappa shape index (κ3) is 5.08. The van der Waals surface area contributed by atoms with Crippen LogP contribution in [-0.4, -0.2) is 29.3 Å². The number of nitrogen functional groups attached to an aromatic ring is 1. The molecule has 118 valence electrons. The molecule has 0 bridgehead atoms. The Kier molecular flexibility index (Phi) is 5.67. The van der Waals surface area contributed by atoms with E-state index in [2.05, 4.69) is 24.1 Å². The molecule has 4 N–H and O–H groups in total. The van der Waals surface area contributed by atoms with E-state index in [1.54, 1.807) is 0 Å². The first kappa shape index (κ1) is 15.9. The molecule has 0 radical (unpaired) electrons. The molecule has 0 amide bonds. The van der Waals surface area contributed by atoms with Gasteiger partial charge in [-0.1, -0.05) is 20.3 Å². The van der Waals surface area contributed by atoms with Crippen LogP contribution < -0.4 is 15.8 Å². The molecule has 2 atom stereocenters. The summed E-state index contributed by atoms with van der Waals surface area (Å²) in [6.45, 7) is 5.62. The Morgan fingerprint density at radius 2 is 2.24 bits per heavy atom. The van der Waals surface area contributed by atoms with Crippen molar-refractivity contribution in [1.82, 2.24) is 4.98 Å². The van der Waals surface area contributed by atoms with Crippen LogP contribution in [0.15, 0.2) is 12.1 Å². The highest BCUT2D eigenvalue weighted by Crippen LogP contribution is 2.25. The second-order valence-electron chi connectivity index (χ2n) is 6.36. The molecule has 1 aliphatic rings. The summed E-state index contributed by atoms with van der Waals surface area (Å²) in [6, 6.07) is 3.69. The van der Waals surface area contributed by atoms with Gasteiger partial charge in [0.25, 0.3) is 0 Å². The van der Waals surface area contributed by atoms with Crippen molar-refractivity contribution in [3.8, 4) is 5.88 Å². The largest absolute Gasteiger partial charge is 0.476 e. The van der Waals surface area contributed by atoms with Crippen LogP contribution in [0.3, 0.4) is 0 Å². The summed E-state index contributed by atoms with van der Waals surface area (Å²) in [6.07, 6.45) is 3.93. The van der Waals surface area contributed by atoms with Crippen LogP contribution in [0.1, 0.15) is 39.5 Å². The molecule has 1 aromatic rings. The molecule has 1 saturated carbocycles. The minimum Gasteiger partial charge on any atom is -0.476 e. The van der Waals surface area contributed by atoms with Gasteiger partial charge in [-0.15, -0.1) is 0 Å². The highest BCUT2D eigenvalue weighted by Gasteiger charge is 2.20. The molecule has 1 heterocycles. The van der Waals surface area contributed by atoms with Crippen molar-refractivity contribution >= 4 is 11.5 Å². The zero-order chi connectivity index (χ0) is 15.2. The second-order valence-corrected chi connectivity index (χ2v) is 6.36. The summed E-state index contributed by atoms with van der Waals surface area (Å²) >= 11 is 0. The van der Waals surface area contributed by atoms with Crippen molar-refractivity contribution in [3.05, 3.63) is 12.1 Å². The fourth-order valence-corrected chi connectivity index (χ4v) is 2.61. The molecule has 1 aromatic heterocycles. The number of aromatic nitrogens is 1. The maximum atomic E-state index is 9.70. The van der Waals surface area contributed by atoms with Gasteiger partial charge in [-0.05, 0) is 43.2 Å². The van der Waals surface area contributed by atoms with Crippen LogP contribution in [0.4, 0.5) is 11.5 Å². The van der Waals surface area contributed by atoms with Gasteiger partial charge in [-0.2, -0.15) is 4.98 Å². The molecule has 1 fully saturated rings. The van der Waals surface area contributed by atoms with Crippen molar-refractivity contribution in [3.63, 3.8) is 0 Å². The third-order valence-electron chi connectivity index (χ3n) is 3.77. The molecule has 0 aliphatic heterocycles. The number of aliphatic hydroxyl groups is 1. The number of nitrogens with two attached hydrogens (primary N) is 1. The molecule has 2 unspecified atom stereocenters. The molecule has 0 saturated heterocycles. The monoisotopic (exact) mass is 293 g/mol. The average molecular weight is 293 g/mol. The zero-order valence-electron chi connectivity index (χ0n) is 13.0. The van der Waals surface area contributed by atoms with Gasteiger partial charge in [-0.25, -0.2) is 0 Å². The Hall–Kier alpha value is -1.49. The Morgan fingerprint density at radius 1 is 1.43 bits per heavy atom. The maximum absolute atomic E-state index is 9.70. The lowest BCUT2D eigenvalue weighted by Gasteiger charge is -2.26. The number of rotatable bonds is 6. The molecule has 5 nitrogen and oxygen atoms in total. The van der Waals surface area contributed by atoms with Crippen LogP contribution in [0, 0.1) is 11.8 Å². The Morgan fingerprint density at radius 3 is 2.95 bits per heavy atom. The number of hydrogen-bond acceptors (Lipinski definition) is 5. The molecule has 1 aliphatic carbocycles. The van der Waals surface area contributed by atoms with Crippen LogP contribution >= 0.6 is 0 Å². The van der Waals surface area contributed by atoms with Crippen LogP contribution in [0.25, 0.3) is 0 Å². The van der Waals surface area contributed by atoms with Gasteiger partial charge in [0, 0.05) is 6.54 Å². The predicted molar refractivity (Wildman–Crippen MR) is 85.4 cm³/mol. The number of pyridine rings is 1. The number of hydrogen-bond donors (Lipinski definition) is 3. The van der Waals surface area contributed by atoms with E-state index in [9.17, 15) is 5.11 Å². The van der Waals surface area contributed by atoms with Gasteiger partial charge in [0.2, 0.25) is 5.88 Å². The predicted octanol–water partition coefficient (Wildman–Crippen LogP) is 2.66. The number of nitrogens with one attached hydrogen (secondary N) is 1. The highest BCUT2D eigenvalue weighted by atomic mass is 16.5. The maximum Gasteiger partial charge on any atom is 0.239 e. The van der Waals surface area contributed by atoms with E-state index in [0.717, 1.165) is 38.0 Å². The van der Waals surface area contributed by atoms with Gasteiger partial charge >= 0.3 is 0 Å². The first-order valence-electron chi connectivity index (χ1n) is 7.86. The first-order chi connectivity index (χ1) is 10.0. The average Bonchev–Trinajstić information content (AvgIpc) is 2.45. The highest BCUT2D eigenvalue weighted by molar-refractivity contribution is 5.53. The lowest BCUT2D eigenvalue weighted by atomic mass is 9.87. The number of anilines is 2. The molecule has 2 rings (SSSR count). The van der Waals surface area contributed by atoms with E-state index in [1.807, 2.05) is 12.1 Å². The SMILES string of the molecule is CC(C)COc1nc(NCC2CCCC(O)C2)ccc1N. The first-order valence-corrected chi connectivity index (χ1v) is 7.86. The molecule has 0 spiro atoms. The Labute approximate surface area is 126 Å². The number of aliphatic hydroxyl groups excluding tert-OH is 1. The minimum atomic E-state index is -0.144. The minimum absolute atomic E-state index is 0.144. The molecule has 5 heteroatoms. The fourth-order valence-electron chi connectivity index (χ4n) is 2.61. The van der Waals surface area contributed by atoms with Gasteiger partial charge in [-0.3, -0.25) is 0 Å². The standard InChI is InChI=1S/C16H27N3O2/c1-11(2)10-21-16-14(17)6-7-15(19-16)18-9-12-4-3-5-13(20)8-12/h6-7,11-13,20H,3-5,8-10,17H2,1-2H3,(H,18,19). The summed E-state index contributed by atoms with van der Waals surface area (Å²) in [5.41, 5.74) is 6.45. The van der Waals surface area contributed by atoms with Crippen LogP contribution in [-0.2, 0) is 0 Å². The quantitative estimate of drug-likeness (QED) is 0.751. The molecular formula is C16H27N3O2. The van der Waals surface area contributed by atoms with Crippen LogP contribution in [0.5, 0.6) is 5.88 Å². The molecule has 0 aromatic carbocycles. The fraction of sp³-hybridized carbons (Fsp3) is 0.688. The summed E-state index contributed by atoms with van der Waals surface area (Å²) in [4.78, 5) is 4.43. The third-order valence-corrected chi connectivity index (χ3v) is 3.77. The lowest BCUT2D eigenvalue weighted by Crippen LogP contribution is -2.25. The smallest absolute Gasteiger partial charge is 0.239 e. The zero-order valence-corrected chi connectivity index (χ0v) is 13.0. The van der Waals surface area contributed by atoms with E-state index in [1.165, 1.54) is 0 Å². The lowest BCUT2D eigenvalue weighted by molar-refractivity contribution is 0.104. The van der Waals surface area contributed by atoms with E-state index < -0.39 is 0 Å². The summed E-state index contributed by atoms with van der Waals surface area (Å²) in [5, 5.41) is 13.0. The summed E-state index contributed by atoms with van der Waals surface area (Å²) in [7, 11) is 0. The Bertz CT molecular complexity index is 451. The van der Waals surface area contributed by atoms with E-state index in [-0.39, 0.29) is 6.10 Å². The number of nitrogens with zero attached hydrogens (tertiary/aromatic N) is 1. The van der Waals surface area contributed by atoms with Crippen molar-refractivity contribution < 1.29 is 9.84 Å². The topological polar surface area (TPSA) is 80.4 Å². The van der Waals surface area contributed by atoms with Crippen molar-refractivity contribution in [2.24, 2.45) is 11.8 Å². The van der Waals surface area contributed by atoms with E-state index >= 15 is 0 Å². The van der Waals surface area contributed by atoms with Gasteiger partial charge in [0.15, 0.2) is 0 Å². The normalized spacial score (nSPS) is 22.3. The summed E-state index contributed by atoms with van der Waals surface area (Å²) < 4.78 is 5.63. The summed E-state index contributed by atoms with van der Waals surface area (Å²) in [5.74, 6) is 2.22. The van der Waals surface area contributed by atoms with Gasteiger partial charge < -0.3 is 20.9 Å². The van der Waals surface area contributed by atoms with Gasteiger partial charge in [0.1, 0.15) is 5.82 Å².